The van der Waals surface area contributed by atoms with Crippen molar-refractivity contribution < 1.29 is 14.6 Å². The van der Waals surface area contributed by atoms with Gasteiger partial charge in [0.05, 0.1) is 12.0 Å². The molecule has 0 aromatic carbocycles. The minimum absolute atomic E-state index is 0.291. The van der Waals surface area contributed by atoms with Crippen LogP contribution in [0.4, 0.5) is 0 Å². The second-order valence-electron chi connectivity index (χ2n) is 7.68. The van der Waals surface area contributed by atoms with Gasteiger partial charge in [0.2, 0.25) is 0 Å². The maximum atomic E-state index is 11.6. The molecule has 0 bridgehead atoms. The van der Waals surface area contributed by atoms with Gasteiger partial charge in [0.15, 0.2) is 0 Å². The van der Waals surface area contributed by atoms with Crippen molar-refractivity contribution in [2.45, 2.75) is 59.3 Å². The largest absolute Gasteiger partial charge is 0.481 e. The van der Waals surface area contributed by atoms with E-state index in [4.69, 9.17) is 4.74 Å². The van der Waals surface area contributed by atoms with Crippen molar-refractivity contribution in [2.75, 3.05) is 13.2 Å². The maximum Gasteiger partial charge on any atom is 0.311 e. The van der Waals surface area contributed by atoms with Crippen molar-refractivity contribution in [3.8, 4) is 0 Å². The lowest BCUT2D eigenvalue weighted by molar-refractivity contribution is -0.157. The highest BCUT2D eigenvalue weighted by Gasteiger charge is 2.44. The molecule has 1 N–H and O–H groups in total. The third-order valence-electron chi connectivity index (χ3n) is 5.05. The summed E-state index contributed by atoms with van der Waals surface area (Å²) in [7, 11) is 0. The second-order valence-corrected chi connectivity index (χ2v) is 7.68. The van der Waals surface area contributed by atoms with Crippen LogP contribution < -0.4 is 0 Å². The Morgan fingerprint density at radius 3 is 2.21 bits per heavy atom. The minimum atomic E-state index is -0.657. The summed E-state index contributed by atoms with van der Waals surface area (Å²) in [5.74, 6) is 0.691. The Balaban J connectivity index is 1.88. The van der Waals surface area contributed by atoms with Gasteiger partial charge in [0, 0.05) is 6.61 Å². The summed E-state index contributed by atoms with van der Waals surface area (Å²) in [6.45, 7) is 7.95. The molecule has 110 valence electrons. The number of carboxylic acids is 1. The van der Waals surface area contributed by atoms with Crippen molar-refractivity contribution in [1.29, 1.82) is 0 Å². The molecule has 0 aliphatic heterocycles. The van der Waals surface area contributed by atoms with Gasteiger partial charge in [-0.2, -0.15) is 0 Å². The van der Waals surface area contributed by atoms with E-state index in [0.29, 0.717) is 23.9 Å². The second kappa shape index (κ2) is 5.43. The Labute approximate surface area is 116 Å². The molecule has 2 aliphatic carbocycles. The van der Waals surface area contributed by atoms with Crippen molar-refractivity contribution in [3.05, 3.63) is 0 Å². The molecule has 0 saturated heterocycles. The average Bonchev–Trinajstić information content (AvgIpc) is 3.12. The SMILES string of the molecule is CC(C)(C)C1CCC(COCC2CC2)(C(=O)O)CC1. The predicted molar refractivity (Wildman–Crippen MR) is 75.0 cm³/mol. The zero-order valence-corrected chi connectivity index (χ0v) is 12.6. The number of carboxylic acid groups (broad SMARTS) is 1. The van der Waals surface area contributed by atoms with Gasteiger partial charge in [-0.25, -0.2) is 0 Å². The maximum absolute atomic E-state index is 11.6. The fourth-order valence-corrected chi connectivity index (χ4v) is 3.16. The van der Waals surface area contributed by atoms with Crippen LogP contribution in [0.2, 0.25) is 0 Å². The first-order valence-corrected chi connectivity index (χ1v) is 7.65. The van der Waals surface area contributed by atoms with Crippen LogP contribution in [0.25, 0.3) is 0 Å². The molecule has 0 radical (unpaired) electrons. The minimum Gasteiger partial charge on any atom is -0.481 e. The van der Waals surface area contributed by atoms with Crippen molar-refractivity contribution in [2.24, 2.45) is 22.7 Å². The first-order chi connectivity index (χ1) is 8.83. The highest BCUT2D eigenvalue weighted by molar-refractivity contribution is 5.75. The molecule has 0 aromatic rings. The first-order valence-electron chi connectivity index (χ1n) is 7.65. The van der Waals surface area contributed by atoms with Crippen LogP contribution in [-0.4, -0.2) is 24.3 Å². The number of hydrogen-bond donors (Lipinski definition) is 1. The molecule has 3 nitrogen and oxygen atoms in total. The van der Waals surface area contributed by atoms with E-state index >= 15 is 0 Å². The molecule has 0 heterocycles. The van der Waals surface area contributed by atoms with Gasteiger partial charge in [0.25, 0.3) is 0 Å². The molecular weight excluding hydrogens is 240 g/mol. The first kappa shape index (κ1) is 14.8. The van der Waals surface area contributed by atoms with Crippen LogP contribution in [0.1, 0.15) is 59.3 Å². The summed E-state index contributed by atoms with van der Waals surface area (Å²) in [4.78, 5) is 11.6. The van der Waals surface area contributed by atoms with E-state index in [-0.39, 0.29) is 0 Å². The lowest BCUT2D eigenvalue weighted by Gasteiger charge is -2.41. The monoisotopic (exact) mass is 268 g/mol. The fraction of sp³-hybridized carbons (Fsp3) is 0.938. The molecule has 0 aromatic heterocycles. The lowest BCUT2D eigenvalue weighted by atomic mass is 9.64. The van der Waals surface area contributed by atoms with Gasteiger partial charge in [0.1, 0.15) is 0 Å². The number of aliphatic carboxylic acids is 1. The Kier molecular flexibility index (Phi) is 4.24. The van der Waals surface area contributed by atoms with E-state index in [1.54, 1.807) is 0 Å². The van der Waals surface area contributed by atoms with E-state index < -0.39 is 11.4 Å². The zero-order chi connectivity index (χ0) is 14.1. The Bertz CT molecular complexity index is 317. The molecule has 2 saturated carbocycles. The summed E-state index contributed by atoms with van der Waals surface area (Å²) < 4.78 is 5.70. The zero-order valence-electron chi connectivity index (χ0n) is 12.6. The van der Waals surface area contributed by atoms with E-state index in [1.165, 1.54) is 12.8 Å². The summed E-state index contributed by atoms with van der Waals surface area (Å²) in [6.07, 6.45) is 6.09. The predicted octanol–water partition coefficient (Wildman–Crippen LogP) is 3.72. The third kappa shape index (κ3) is 3.71. The Hall–Kier alpha value is -0.570. The van der Waals surface area contributed by atoms with Crippen LogP contribution in [0.5, 0.6) is 0 Å². The van der Waals surface area contributed by atoms with Crippen molar-refractivity contribution in [3.63, 3.8) is 0 Å². The normalized spacial score (nSPS) is 32.3. The van der Waals surface area contributed by atoms with E-state index in [9.17, 15) is 9.90 Å². The third-order valence-corrected chi connectivity index (χ3v) is 5.05. The number of hydrogen-bond acceptors (Lipinski definition) is 2. The van der Waals surface area contributed by atoms with Gasteiger partial charge in [-0.05, 0) is 55.8 Å². The smallest absolute Gasteiger partial charge is 0.311 e. The van der Waals surface area contributed by atoms with Gasteiger partial charge >= 0.3 is 5.97 Å². The van der Waals surface area contributed by atoms with Crippen molar-refractivity contribution >= 4 is 5.97 Å². The lowest BCUT2D eigenvalue weighted by Crippen LogP contribution is -2.41. The topological polar surface area (TPSA) is 46.5 Å². The number of carbonyl (C=O) groups is 1. The Morgan fingerprint density at radius 1 is 1.21 bits per heavy atom. The van der Waals surface area contributed by atoms with Gasteiger partial charge < -0.3 is 9.84 Å². The van der Waals surface area contributed by atoms with Crippen LogP contribution in [0.15, 0.2) is 0 Å². The molecule has 2 aliphatic rings. The van der Waals surface area contributed by atoms with E-state index in [1.807, 2.05) is 0 Å². The molecule has 2 fully saturated rings. The highest BCUT2D eigenvalue weighted by atomic mass is 16.5. The molecule has 0 amide bonds. The highest BCUT2D eigenvalue weighted by Crippen LogP contribution is 2.46. The molecule has 3 heteroatoms. The summed E-state index contributed by atoms with van der Waals surface area (Å²) in [5, 5.41) is 9.58. The molecule has 0 unspecified atom stereocenters. The number of rotatable bonds is 5. The fourth-order valence-electron chi connectivity index (χ4n) is 3.16. The molecule has 2 rings (SSSR count). The van der Waals surface area contributed by atoms with E-state index in [0.717, 1.165) is 32.3 Å². The van der Waals surface area contributed by atoms with E-state index in [2.05, 4.69) is 20.8 Å². The van der Waals surface area contributed by atoms with Crippen LogP contribution >= 0.6 is 0 Å². The molecular formula is C16H28O3. The molecule has 0 spiro atoms. The van der Waals surface area contributed by atoms with Gasteiger partial charge in [-0.15, -0.1) is 0 Å². The molecule has 0 atom stereocenters. The quantitative estimate of drug-likeness (QED) is 0.826. The standard InChI is InChI=1S/C16H28O3/c1-15(2,3)13-6-8-16(9-7-13,14(17)18)11-19-10-12-4-5-12/h12-13H,4-11H2,1-3H3,(H,17,18). The van der Waals surface area contributed by atoms with Crippen molar-refractivity contribution in [1.82, 2.24) is 0 Å². The van der Waals surface area contributed by atoms with Crippen LogP contribution in [0, 0.1) is 22.7 Å². The van der Waals surface area contributed by atoms with Gasteiger partial charge in [-0.1, -0.05) is 20.8 Å². The van der Waals surface area contributed by atoms with Gasteiger partial charge in [-0.3, -0.25) is 4.79 Å². The average molecular weight is 268 g/mol. The molecule has 19 heavy (non-hydrogen) atoms. The summed E-state index contributed by atoms with van der Waals surface area (Å²) in [5.41, 5.74) is -0.323. The summed E-state index contributed by atoms with van der Waals surface area (Å²) >= 11 is 0. The Morgan fingerprint density at radius 2 is 1.79 bits per heavy atom. The number of ether oxygens (including phenoxy) is 1. The van der Waals surface area contributed by atoms with Crippen LogP contribution in [0.3, 0.4) is 0 Å². The summed E-state index contributed by atoms with van der Waals surface area (Å²) in [6, 6.07) is 0. The van der Waals surface area contributed by atoms with Crippen LogP contribution in [-0.2, 0) is 9.53 Å².